The average molecular weight is 375 g/mol. The summed E-state index contributed by atoms with van der Waals surface area (Å²) in [6.07, 6.45) is 0. The Morgan fingerprint density at radius 2 is 1.55 bits per heavy atom. The monoisotopic (exact) mass is 377 g/mol. The van der Waals surface area contributed by atoms with Crippen LogP contribution in [-0.4, -0.2) is 4.40 Å². The molecule has 2 aromatic carbocycles. The average Bonchev–Trinajstić information content (AvgIpc) is 2.38. The van der Waals surface area contributed by atoms with E-state index in [2.05, 4.69) is 82.3 Å². The van der Waals surface area contributed by atoms with Crippen molar-refractivity contribution in [2.45, 2.75) is 41.5 Å². The summed E-state index contributed by atoms with van der Waals surface area (Å²) in [6.45, 7) is 13.3. The van der Waals surface area contributed by atoms with Crippen molar-refractivity contribution in [3.63, 3.8) is 0 Å². The normalized spacial score (nSPS) is 11.2. The molecule has 22 heavy (non-hydrogen) atoms. The summed E-state index contributed by atoms with van der Waals surface area (Å²) in [5.74, 6) is 0. The summed E-state index contributed by atoms with van der Waals surface area (Å²) >= 11 is -0.466. The van der Waals surface area contributed by atoms with Gasteiger partial charge in [0, 0.05) is 0 Å². The van der Waals surface area contributed by atoms with E-state index in [0.717, 1.165) is 5.69 Å². The zero-order valence-corrected chi connectivity index (χ0v) is 16.4. The van der Waals surface area contributed by atoms with E-state index in [1.54, 1.807) is 0 Å². The van der Waals surface area contributed by atoms with Crippen molar-refractivity contribution in [2.75, 3.05) is 0 Å². The predicted molar refractivity (Wildman–Crippen MR) is 93.7 cm³/mol. The molecule has 0 spiro atoms. The van der Waals surface area contributed by atoms with Gasteiger partial charge in [0.05, 0.1) is 0 Å². The van der Waals surface area contributed by atoms with Gasteiger partial charge in [0.15, 0.2) is 0 Å². The first-order valence-electron chi connectivity index (χ1n) is 7.66. The van der Waals surface area contributed by atoms with Crippen LogP contribution >= 0.6 is 0 Å². The predicted octanol–water partition coefficient (Wildman–Crippen LogP) is 6.02. The number of aryl methyl sites for hydroxylation is 3. The fourth-order valence-electron chi connectivity index (χ4n) is 2.61. The van der Waals surface area contributed by atoms with Crippen LogP contribution in [0.2, 0.25) is 0 Å². The molecule has 0 saturated heterocycles. The van der Waals surface area contributed by atoms with Crippen LogP contribution in [-0.2, 0) is 17.9 Å². The van der Waals surface area contributed by atoms with E-state index in [4.69, 9.17) is 3.50 Å². The third kappa shape index (κ3) is 4.40. The molecule has 0 heterocycles. The minimum atomic E-state index is -0.466. The molecule has 0 N–H and O–H groups in total. The van der Waals surface area contributed by atoms with E-state index in [-0.39, 0.29) is 5.41 Å². The van der Waals surface area contributed by atoms with Crippen molar-refractivity contribution in [3.8, 4) is 11.1 Å². The van der Waals surface area contributed by atoms with Crippen molar-refractivity contribution in [1.82, 2.24) is 0 Å². The second kappa shape index (κ2) is 6.92. The van der Waals surface area contributed by atoms with Crippen molar-refractivity contribution in [2.24, 2.45) is 8.91 Å². The van der Waals surface area contributed by atoms with Gasteiger partial charge in [-0.15, -0.1) is 0 Å². The zero-order valence-electron chi connectivity index (χ0n) is 14.4. The fraction of sp³-hybridized carbons (Fsp3) is 0.350. The molecular weight excluding hydrogens is 350 g/mol. The van der Waals surface area contributed by atoms with Gasteiger partial charge >= 0.3 is 143 Å². The molecule has 0 aliphatic carbocycles. The van der Waals surface area contributed by atoms with Crippen LogP contribution in [0.25, 0.3) is 11.1 Å². The fourth-order valence-corrected chi connectivity index (χ4v) is 4.19. The summed E-state index contributed by atoms with van der Waals surface area (Å²) in [6, 6.07) is 13.1. The summed E-state index contributed by atoms with van der Waals surface area (Å²) in [5, 5.41) is 0. The SMILES string of the molecule is Cc1cc(C)c(-c2ccccc2[N]=[Mo]=[CH]C(C)(C)C)c(C)c1. The van der Waals surface area contributed by atoms with Crippen LogP contribution in [0.5, 0.6) is 0 Å². The standard InChI is InChI=1S/C15H15N.C5H10.Mo/c1-10-8-11(2)15(12(3)9-10)13-6-4-5-7-14(13)16;1-5(2,3)4;/h4-9H,1-3H3;1H,2-4H3;. The van der Waals surface area contributed by atoms with Gasteiger partial charge < -0.3 is 0 Å². The molecule has 0 atom stereocenters. The zero-order chi connectivity index (χ0) is 16.3. The Morgan fingerprint density at radius 3 is 2.14 bits per heavy atom. The summed E-state index contributed by atoms with van der Waals surface area (Å²) < 4.78 is 7.34. The number of rotatable bonds is 2. The first-order chi connectivity index (χ1) is 10.3. The van der Waals surface area contributed by atoms with Crippen molar-refractivity contribution in [3.05, 3.63) is 53.1 Å². The molecule has 2 rings (SSSR count). The Balaban J connectivity index is 2.57. The van der Waals surface area contributed by atoms with Gasteiger partial charge in [0.25, 0.3) is 0 Å². The molecule has 0 unspecified atom stereocenters. The van der Waals surface area contributed by atoms with Gasteiger partial charge in [-0.05, 0) is 0 Å². The van der Waals surface area contributed by atoms with Gasteiger partial charge in [0.2, 0.25) is 0 Å². The Bertz CT molecular complexity index is 722. The summed E-state index contributed by atoms with van der Waals surface area (Å²) in [5.41, 5.74) is 8.00. The van der Waals surface area contributed by atoms with E-state index in [9.17, 15) is 0 Å². The summed E-state index contributed by atoms with van der Waals surface area (Å²) in [7, 11) is 0. The molecule has 0 fully saturated rings. The van der Waals surface area contributed by atoms with Gasteiger partial charge in [-0.3, -0.25) is 0 Å². The van der Waals surface area contributed by atoms with E-state index in [1.165, 1.54) is 27.8 Å². The maximum absolute atomic E-state index is 4.95. The third-order valence-corrected chi connectivity index (χ3v) is 6.15. The van der Waals surface area contributed by atoms with E-state index < -0.39 is 17.9 Å². The van der Waals surface area contributed by atoms with Gasteiger partial charge in [0.1, 0.15) is 0 Å². The Hall–Kier alpha value is -1.20. The second-order valence-electron chi connectivity index (χ2n) is 6.97. The first kappa shape index (κ1) is 17.2. The number of hydrogen-bond acceptors (Lipinski definition) is 1. The Labute approximate surface area is 142 Å². The molecular formula is C20H25MoN. The molecule has 1 nitrogen and oxygen atoms in total. The number of hydrogen-bond donors (Lipinski definition) is 0. The van der Waals surface area contributed by atoms with E-state index >= 15 is 0 Å². The molecule has 0 radical (unpaired) electrons. The van der Waals surface area contributed by atoms with Crippen LogP contribution < -0.4 is 0 Å². The van der Waals surface area contributed by atoms with Gasteiger partial charge in [-0.1, -0.05) is 0 Å². The van der Waals surface area contributed by atoms with Crippen LogP contribution in [0.4, 0.5) is 5.69 Å². The quantitative estimate of drug-likeness (QED) is 0.569. The van der Waals surface area contributed by atoms with Gasteiger partial charge in [-0.2, -0.15) is 0 Å². The van der Waals surface area contributed by atoms with Crippen molar-refractivity contribution in [1.29, 1.82) is 0 Å². The van der Waals surface area contributed by atoms with Crippen LogP contribution in [0.1, 0.15) is 37.5 Å². The maximum atomic E-state index is 4.95. The van der Waals surface area contributed by atoms with Crippen molar-refractivity contribution >= 4 is 10.1 Å². The number of nitrogens with zero attached hydrogens (tertiary/aromatic N) is 1. The molecule has 116 valence electrons. The van der Waals surface area contributed by atoms with E-state index in [0.29, 0.717) is 0 Å². The van der Waals surface area contributed by atoms with Crippen molar-refractivity contribution < 1.29 is 17.9 Å². The topological polar surface area (TPSA) is 12.4 Å². The molecule has 2 aromatic rings. The van der Waals surface area contributed by atoms with Crippen LogP contribution in [0.15, 0.2) is 39.9 Å². The first-order valence-corrected chi connectivity index (χ1v) is 9.72. The molecule has 0 bridgehead atoms. The van der Waals surface area contributed by atoms with Gasteiger partial charge in [-0.25, -0.2) is 0 Å². The Morgan fingerprint density at radius 1 is 0.955 bits per heavy atom. The van der Waals surface area contributed by atoms with E-state index in [1.807, 2.05) is 0 Å². The van der Waals surface area contributed by atoms with Crippen LogP contribution in [0.3, 0.4) is 0 Å². The molecule has 0 amide bonds. The Kier molecular flexibility index (Phi) is 5.40. The molecule has 0 aromatic heterocycles. The molecule has 0 aliphatic heterocycles. The summed E-state index contributed by atoms with van der Waals surface area (Å²) in [4.78, 5) is 0. The second-order valence-corrected chi connectivity index (χ2v) is 8.52. The molecule has 0 aliphatic rings. The van der Waals surface area contributed by atoms with Crippen LogP contribution in [0, 0.1) is 26.2 Å². The third-order valence-electron chi connectivity index (χ3n) is 3.41. The minimum absolute atomic E-state index is 0.260. The molecule has 0 saturated carbocycles. The molecule has 2 heteroatoms. The number of benzene rings is 2.